The number of benzene rings is 1. The van der Waals surface area contributed by atoms with Crippen molar-refractivity contribution < 1.29 is 9.53 Å². The molecule has 3 aromatic rings. The van der Waals surface area contributed by atoms with Gasteiger partial charge in [-0.3, -0.25) is 9.78 Å². The van der Waals surface area contributed by atoms with Gasteiger partial charge in [-0.25, -0.2) is 9.97 Å². The number of allylic oxidation sites excluding steroid dienone is 2. The Morgan fingerprint density at radius 2 is 1.94 bits per heavy atom. The van der Waals surface area contributed by atoms with Crippen molar-refractivity contribution in [3.63, 3.8) is 0 Å². The minimum absolute atomic E-state index is 0.0340. The maximum absolute atomic E-state index is 12.2. The van der Waals surface area contributed by atoms with E-state index in [9.17, 15) is 4.79 Å². The number of ether oxygens (including phenoxy) is 1. The third-order valence-electron chi connectivity index (χ3n) is 7.17. The number of nitrogens with zero attached hydrogens (tertiary/aromatic N) is 3. The molecule has 1 amide bonds. The molecule has 176 valence electrons. The number of amides is 1. The summed E-state index contributed by atoms with van der Waals surface area (Å²) in [5.41, 5.74) is 9.94. The number of primary amides is 1. The van der Waals surface area contributed by atoms with Crippen LogP contribution < -0.4 is 15.8 Å². The standard InChI is InChI=1S/C28H27N5O2/c29-27(34)25-19-7-8-20(15-19)26(25)33-28-22-5-2-6-23(22)31-24(32-28)14-18-3-1-4-21(13-18)35-16-17-9-11-30-12-10-17/h1-5,7-13,19-20,25-26H,6,14-16H2,(H2,29,34)(H,31,32,33). The quantitative estimate of drug-likeness (QED) is 0.492. The fraction of sp³-hybridized carbons (Fsp3) is 0.286. The summed E-state index contributed by atoms with van der Waals surface area (Å²) in [5, 5.41) is 3.60. The molecule has 2 bridgehead atoms. The molecule has 0 radical (unpaired) electrons. The normalized spacial score (nSPS) is 23.4. The number of rotatable bonds is 8. The second-order valence-electron chi connectivity index (χ2n) is 9.47. The molecule has 6 rings (SSSR count). The van der Waals surface area contributed by atoms with Gasteiger partial charge in [-0.05, 0) is 53.6 Å². The number of anilines is 1. The molecule has 3 N–H and O–H groups in total. The van der Waals surface area contributed by atoms with Crippen LogP contribution in [0.15, 0.2) is 67.0 Å². The molecule has 3 aliphatic carbocycles. The molecule has 0 saturated heterocycles. The number of pyridine rings is 1. The molecular weight excluding hydrogens is 438 g/mol. The van der Waals surface area contributed by atoms with Crippen molar-refractivity contribution >= 4 is 17.8 Å². The van der Waals surface area contributed by atoms with Gasteiger partial charge in [-0.15, -0.1) is 0 Å². The van der Waals surface area contributed by atoms with E-state index in [0.29, 0.717) is 18.9 Å². The molecule has 4 atom stereocenters. The number of carbonyl (C=O) groups excluding carboxylic acids is 1. The average Bonchev–Trinajstić information content (AvgIpc) is 3.60. The summed E-state index contributed by atoms with van der Waals surface area (Å²) in [6, 6.07) is 11.9. The van der Waals surface area contributed by atoms with Gasteiger partial charge in [0.15, 0.2) is 0 Å². The molecule has 35 heavy (non-hydrogen) atoms. The van der Waals surface area contributed by atoms with Gasteiger partial charge in [0.1, 0.15) is 24.0 Å². The first-order chi connectivity index (χ1) is 17.1. The zero-order valence-electron chi connectivity index (χ0n) is 19.3. The van der Waals surface area contributed by atoms with Crippen LogP contribution >= 0.6 is 0 Å². The molecular formula is C28H27N5O2. The highest BCUT2D eigenvalue weighted by molar-refractivity contribution is 5.80. The van der Waals surface area contributed by atoms with E-state index in [1.54, 1.807) is 12.4 Å². The summed E-state index contributed by atoms with van der Waals surface area (Å²) < 4.78 is 5.98. The predicted octanol–water partition coefficient (Wildman–Crippen LogP) is 3.70. The Balaban J connectivity index is 1.22. The molecule has 0 aliphatic heterocycles. The average molecular weight is 466 g/mol. The number of fused-ring (bicyclic) bond motifs is 3. The highest BCUT2D eigenvalue weighted by Gasteiger charge is 2.47. The minimum atomic E-state index is -0.246. The summed E-state index contributed by atoms with van der Waals surface area (Å²) >= 11 is 0. The Morgan fingerprint density at radius 3 is 2.80 bits per heavy atom. The SMILES string of the molecule is NC(=O)C1C2C=CC(C2)C1Nc1nc(Cc2cccc(OCc3ccncc3)c2)nc2c1C=CC2. The van der Waals surface area contributed by atoms with Crippen molar-refractivity contribution in [3.8, 4) is 5.75 Å². The smallest absolute Gasteiger partial charge is 0.223 e. The molecule has 1 fully saturated rings. The topological polar surface area (TPSA) is 103 Å². The van der Waals surface area contributed by atoms with E-state index in [-0.39, 0.29) is 23.8 Å². The van der Waals surface area contributed by atoms with E-state index in [2.05, 4.69) is 40.7 Å². The summed E-state index contributed by atoms with van der Waals surface area (Å²) in [6.45, 7) is 0.486. The summed E-state index contributed by atoms with van der Waals surface area (Å²) in [7, 11) is 0. The van der Waals surface area contributed by atoms with Gasteiger partial charge in [0, 0.05) is 36.8 Å². The Labute approximate surface area is 204 Å². The first-order valence-corrected chi connectivity index (χ1v) is 12.1. The van der Waals surface area contributed by atoms with Gasteiger partial charge < -0.3 is 15.8 Å². The van der Waals surface area contributed by atoms with Crippen LogP contribution in [0.4, 0.5) is 5.82 Å². The van der Waals surface area contributed by atoms with E-state index in [1.807, 2.05) is 30.3 Å². The van der Waals surface area contributed by atoms with Crippen LogP contribution in [0.25, 0.3) is 6.08 Å². The molecule has 1 aromatic carbocycles. The lowest BCUT2D eigenvalue weighted by Crippen LogP contribution is -2.41. The Bertz CT molecular complexity index is 1320. The third kappa shape index (κ3) is 4.30. The molecule has 4 unspecified atom stereocenters. The zero-order valence-corrected chi connectivity index (χ0v) is 19.3. The lowest BCUT2D eigenvalue weighted by Gasteiger charge is -2.28. The zero-order chi connectivity index (χ0) is 23.8. The summed E-state index contributed by atoms with van der Waals surface area (Å²) in [6.07, 6.45) is 14.4. The van der Waals surface area contributed by atoms with Crippen LogP contribution in [0.3, 0.4) is 0 Å². The molecule has 0 spiro atoms. The van der Waals surface area contributed by atoms with Crippen molar-refractivity contribution in [3.05, 3.63) is 95.2 Å². The first kappa shape index (κ1) is 21.5. The number of nitrogens with one attached hydrogen (secondary N) is 1. The Kier molecular flexibility index (Phi) is 5.52. The van der Waals surface area contributed by atoms with Crippen molar-refractivity contribution in [2.24, 2.45) is 23.5 Å². The largest absolute Gasteiger partial charge is 0.489 e. The number of aromatic nitrogens is 3. The van der Waals surface area contributed by atoms with Gasteiger partial charge in [0.2, 0.25) is 5.91 Å². The third-order valence-corrected chi connectivity index (χ3v) is 7.17. The van der Waals surface area contributed by atoms with Crippen LogP contribution in [0.5, 0.6) is 5.75 Å². The van der Waals surface area contributed by atoms with E-state index in [1.165, 1.54) is 0 Å². The van der Waals surface area contributed by atoms with Gasteiger partial charge in [-0.1, -0.05) is 36.4 Å². The Morgan fingerprint density at radius 1 is 1.09 bits per heavy atom. The van der Waals surface area contributed by atoms with Crippen molar-refractivity contribution in [1.29, 1.82) is 0 Å². The van der Waals surface area contributed by atoms with Gasteiger partial charge >= 0.3 is 0 Å². The number of nitrogens with two attached hydrogens (primary N) is 1. The maximum atomic E-state index is 12.2. The number of hydrogen-bond donors (Lipinski definition) is 2. The monoisotopic (exact) mass is 465 g/mol. The van der Waals surface area contributed by atoms with E-state index < -0.39 is 0 Å². The summed E-state index contributed by atoms with van der Waals surface area (Å²) in [5.74, 6) is 2.40. The fourth-order valence-corrected chi connectivity index (χ4v) is 5.51. The molecule has 2 aromatic heterocycles. The van der Waals surface area contributed by atoms with Crippen molar-refractivity contribution in [1.82, 2.24) is 15.0 Å². The fourth-order valence-electron chi connectivity index (χ4n) is 5.51. The first-order valence-electron chi connectivity index (χ1n) is 12.1. The Hall–Kier alpha value is -4.00. The summed E-state index contributed by atoms with van der Waals surface area (Å²) in [4.78, 5) is 26.0. The highest BCUT2D eigenvalue weighted by Crippen LogP contribution is 2.45. The lowest BCUT2D eigenvalue weighted by molar-refractivity contribution is -0.122. The van der Waals surface area contributed by atoms with Crippen LogP contribution in [-0.4, -0.2) is 26.9 Å². The van der Waals surface area contributed by atoms with E-state index >= 15 is 0 Å². The van der Waals surface area contributed by atoms with Crippen LogP contribution in [0.1, 0.15) is 34.6 Å². The van der Waals surface area contributed by atoms with Crippen LogP contribution in [0, 0.1) is 17.8 Å². The van der Waals surface area contributed by atoms with Crippen LogP contribution in [0.2, 0.25) is 0 Å². The van der Waals surface area contributed by atoms with Crippen LogP contribution in [-0.2, 0) is 24.2 Å². The minimum Gasteiger partial charge on any atom is -0.489 e. The predicted molar refractivity (Wildman–Crippen MR) is 133 cm³/mol. The molecule has 7 heteroatoms. The van der Waals surface area contributed by atoms with Crippen molar-refractivity contribution in [2.75, 3.05) is 5.32 Å². The molecule has 3 aliphatic rings. The second kappa shape index (κ2) is 8.98. The lowest BCUT2D eigenvalue weighted by atomic mass is 9.88. The number of hydrogen-bond acceptors (Lipinski definition) is 6. The van der Waals surface area contributed by atoms with E-state index in [0.717, 1.165) is 52.6 Å². The highest BCUT2D eigenvalue weighted by atomic mass is 16.5. The van der Waals surface area contributed by atoms with Gasteiger partial charge in [0.25, 0.3) is 0 Å². The molecule has 1 saturated carbocycles. The molecule has 2 heterocycles. The van der Waals surface area contributed by atoms with E-state index in [4.69, 9.17) is 20.4 Å². The maximum Gasteiger partial charge on any atom is 0.223 e. The number of carbonyl (C=O) groups is 1. The van der Waals surface area contributed by atoms with Crippen molar-refractivity contribution in [2.45, 2.75) is 31.9 Å². The second-order valence-corrected chi connectivity index (χ2v) is 9.47. The molecule has 7 nitrogen and oxygen atoms in total. The van der Waals surface area contributed by atoms with Gasteiger partial charge in [0.05, 0.1) is 11.6 Å². The van der Waals surface area contributed by atoms with Gasteiger partial charge in [-0.2, -0.15) is 0 Å².